The lowest BCUT2D eigenvalue weighted by atomic mass is 10.1. The van der Waals surface area contributed by atoms with Crippen molar-refractivity contribution in [1.29, 1.82) is 0 Å². The van der Waals surface area contributed by atoms with E-state index in [0.717, 1.165) is 11.1 Å². The Hall–Kier alpha value is -1.17. The zero-order valence-corrected chi connectivity index (χ0v) is 12.6. The maximum atomic E-state index is 11.7. The molecule has 0 saturated carbocycles. The first-order valence-electron chi connectivity index (χ1n) is 6.26. The molecule has 4 nitrogen and oxygen atoms in total. The molecule has 0 heterocycles. The topological polar surface area (TPSA) is 43.4 Å². The molecular weight excluding hydrogens is 262 g/mol. The molecule has 0 aliphatic heterocycles. The molecule has 1 aromatic rings. The number of nitrogens with zero attached hydrogens (tertiary/aromatic N) is 1. The summed E-state index contributed by atoms with van der Waals surface area (Å²) in [5.41, 5.74) is 2.05. The van der Waals surface area contributed by atoms with Crippen molar-refractivity contribution in [3.63, 3.8) is 0 Å². The Morgan fingerprint density at radius 3 is 2.32 bits per heavy atom. The van der Waals surface area contributed by atoms with E-state index in [0.29, 0.717) is 13.0 Å². The Morgan fingerprint density at radius 1 is 1.26 bits per heavy atom. The van der Waals surface area contributed by atoms with Crippen molar-refractivity contribution in [2.75, 3.05) is 19.8 Å². The fourth-order valence-corrected chi connectivity index (χ4v) is 3.06. The molecule has 0 amide bonds. The third-order valence-corrected chi connectivity index (χ3v) is 4.09. The Balaban J connectivity index is 2.75. The summed E-state index contributed by atoms with van der Waals surface area (Å²) in [6.45, 7) is 6.00. The van der Waals surface area contributed by atoms with Crippen LogP contribution in [0, 0.1) is 0 Å². The second-order valence-electron chi connectivity index (χ2n) is 5.01. The van der Waals surface area contributed by atoms with Crippen molar-refractivity contribution in [2.24, 2.45) is 0 Å². The van der Waals surface area contributed by atoms with Gasteiger partial charge in [0.2, 0.25) is 0 Å². The maximum Gasteiger partial charge on any atom is 0.314 e. The van der Waals surface area contributed by atoms with Crippen LogP contribution < -0.4 is 0 Å². The Kier molecular flexibility index (Phi) is 5.29. The van der Waals surface area contributed by atoms with E-state index >= 15 is 0 Å². The molecule has 0 spiro atoms. The molecular formula is C14H22NO3S+. The predicted octanol–water partition coefficient (Wildman–Crippen LogP) is 2.58. The van der Waals surface area contributed by atoms with E-state index in [2.05, 4.69) is 6.58 Å². The summed E-state index contributed by atoms with van der Waals surface area (Å²) < 4.78 is 28.5. The molecule has 0 N–H and O–H groups in total. The van der Waals surface area contributed by atoms with Gasteiger partial charge in [-0.2, -0.15) is 13.1 Å². The van der Waals surface area contributed by atoms with Crippen molar-refractivity contribution in [2.45, 2.75) is 19.9 Å². The van der Waals surface area contributed by atoms with Gasteiger partial charge in [0.15, 0.2) is 0 Å². The average Bonchev–Trinajstić information content (AvgIpc) is 2.27. The summed E-state index contributed by atoms with van der Waals surface area (Å²) in [5.74, 6) is 0.0457. The van der Waals surface area contributed by atoms with Crippen molar-refractivity contribution in [3.05, 3.63) is 42.0 Å². The second-order valence-corrected chi connectivity index (χ2v) is 6.69. The van der Waals surface area contributed by atoms with Gasteiger partial charge in [-0.3, -0.25) is 0 Å². The molecule has 0 saturated heterocycles. The van der Waals surface area contributed by atoms with Crippen LogP contribution in [-0.2, 0) is 20.9 Å². The van der Waals surface area contributed by atoms with Gasteiger partial charge >= 0.3 is 10.1 Å². The van der Waals surface area contributed by atoms with Crippen LogP contribution in [0.3, 0.4) is 0 Å². The second kappa shape index (κ2) is 6.32. The number of hydrogen-bond acceptors (Lipinski definition) is 3. The highest BCUT2D eigenvalue weighted by atomic mass is 32.2. The Morgan fingerprint density at radius 2 is 1.84 bits per heavy atom. The largest absolute Gasteiger partial charge is 0.314 e. The summed E-state index contributed by atoms with van der Waals surface area (Å²) in [5, 5.41) is 0. The molecule has 5 heteroatoms. The lowest BCUT2D eigenvalue weighted by Crippen LogP contribution is -2.41. The van der Waals surface area contributed by atoms with Crippen LogP contribution in [0.2, 0.25) is 0 Å². The highest BCUT2D eigenvalue weighted by molar-refractivity contribution is 7.86. The van der Waals surface area contributed by atoms with E-state index in [1.54, 1.807) is 20.2 Å². The molecule has 0 atom stereocenters. The number of hydroxylamine groups is 3. The molecule has 0 aliphatic rings. The van der Waals surface area contributed by atoms with Crippen LogP contribution in [-0.4, -0.2) is 32.9 Å². The smallest absolute Gasteiger partial charge is 0.194 e. The lowest BCUT2D eigenvalue weighted by molar-refractivity contribution is -1.06. The zero-order chi connectivity index (χ0) is 14.5. The summed E-state index contributed by atoms with van der Waals surface area (Å²) in [4.78, 5) is 0. The maximum absolute atomic E-state index is 11.7. The highest BCUT2D eigenvalue weighted by Crippen LogP contribution is 2.14. The molecule has 0 fully saturated rings. The van der Waals surface area contributed by atoms with Gasteiger partial charge in [-0.1, -0.05) is 48.1 Å². The summed E-state index contributed by atoms with van der Waals surface area (Å²) >= 11 is 0. The molecule has 0 unspecified atom stereocenters. The van der Waals surface area contributed by atoms with E-state index < -0.39 is 10.1 Å². The molecule has 1 rings (SSSR count). The summed E-state index contributed by atoms with van der Waals surface area (Å²) in [7, 11) is -0.00466. The SMILES string of the molecule is C=Cc1ccc(C[N+](C)(C)OS(=O)(=O)CCC)cc1. The third-order valence-electron chi connectivity index (χ3n) is 2.55. The molecule has 1 aromatic carbocycles. The zero-order valence-electron chi connectivity index (χ0n) is 11.8. The lowest BCUT2D eigenvalue weighted by Gasteiger charge is -2.25. The van der Waals surface area contributed by atoms with Crippen LogP contribution >= 0.6 is 0 Å². The van der Waals surface area contributed by atoms with Crippen LogP contribution in [0.5, 0.6) is 0 Å². The van der Waals surface area contributed by atoms with E-state index in [1.165, 1.54) is 0 Å². The quantitative estimate of drug-likeness (QED) is 0.571. The van der Waals surface area contributed by atoms with Gasteiger partial charge in [0.25, 0.3) is 0 Å². The van der Waals surface area contributed by atoms with E-state index in [4.69, 9.17) is 4.28 Å². The predicted molar refractivity (Wildman–Crippen MR) is 77.5 cm³/mol. The van der Waals surface area contributed by atoms with Crippen molar-refractivity contribution in [3.8, 4) is 0 Å². The van der Waals surface area contributed by atoms with E-state index in [9.17, 15) is 8.42 Å². The fraction of sp³-hybridized carbons (Fsp3) is 0.429. The van der Waals surface area contributed by atoms with Crippen molar-refractivity contribution in [1.82, 2.24) is 0 Å². The van der Waals surface area contributed by atoms with Crippen LogP contribution in [0.4, 0.5) is 0 Å². The minimum atomic E-state index is -3.47. The minimum Gasteiger partial charge on any atom is -0.194 e. The summed E-state index contributed by atoms with van der Waals surface area (Å²) in [6, 6.07) is 7.80. The van der Waals surface area contributed by atoms with Crippen LogP contribution in [0.1, 0.15) is 24.5 Å². The molecule has 106 valence electrons. The number of rotatable bonds is 7. The standard InChI is InChI=1S/C14H22NO3S/c1-5-11-19(16,17)18-15(3,4)12-14-9-7-13(6-2)8-10-14/h6-10H,2,5,11-12H2,1,3-4H3/q+1. The summed E-state index contributed by atoms with van der Waals surface area (Å²) in [6.07, 6.45) is 2.32. The molecule has 0 aliphatic carbocycles. The van der Waals surface area contributed by atoms with E-state index in [-0.39, 0.29) is 10.4 Å². The first kappa shape index (κ1) is 15.9. The number of hydrogen-bond donors (Lipinski definition) is 0. The van der Waals surface area contributed by atoms with Gasteiger partial charge in [-0.25, -0.2) is 0 Å². The minimum absolute atomic E-state index is 0.0457. The Bertz CT molecular complexity index is 518. The van der Waals surface area contributed by atoms with Crippen LogP contribution in [0.15, 0.2) is 30.8 Å². The van der Waals surface area contributed by atoms with Gasteiger partial charge < -0.3 is 0 Å². The highest BCUT2D eigenvalue weighted by Gasteiger charge is 2.26. The normalized spacial score (nSPS) is 12.4. The first-order valence-corrected chi connectivity index (χ1v) is 7.84. The number of benzene rings is 1. The molecule has 0 aromatic heterocycles. The molecule has 0 radical (unpaired) electrons. The third kappa shape index (κ3) is 5.55. The first-order chi connectivity index (χ1) is 8.78. The van der Waals surface area contributed by atoms with E-state index in [1.807, 2.05) is 31.2 Å². The van der Waals surface area contributed by atoms with Gasteiger partial charge in [0.05, 0.1) is 5.75 Å². The van der Waals surface area contributed by atoms with Gasteiger partial charge in [0.1, 0.15) is 20.6 Å². The van der Waals surface area contributed by atoms with Crippen molar-refractivity contribution >= 4 is 16.2 Å². The van der Waals surface area contributed by atoms with Gasteiger partial charge in [-0.05, 0) is 12.0 Å². The fourth-order valence-electron chi connectivity index (χ4n) is 1.82. The monoisotopic (exact) mass is 284 g/mol. The van der Waals surface area contributed by atoms with Crippen LogP contribution in [0.25, 0.3) is 6.08 Å². The molecule has 19 heavy (non-hydrogen) atoms. The van der Waals surface area contributed by atoms with Gasteiger partial charge in [-0.15, -0.1) is 0 Å². The average molecular weight is 284 g/mol. The van der Waals surface area contributed by atoms with Gasteiger partial charge in [0, 0.05) is 5.56 Å². The number of quaternary nitrogens is 1. The molecule has 0 bridgehead atoms. The van der Waals surface area contributed by atoms with Crippen molar-refractivity contribution < 1.29 is 17.3 Å². The Labute approximate surface area is 116 Å².